The van der Waals surface area contributed by atoms with E-state index in [0.29, 0.717) is 16.0 Å². The molecule has 0 amide bonds. The SMILES string of the molecule is Oc1c(O)c(O)c(-c2c(O)c(O)c(N(c3c(O)c(O)c(-c4c(O)c(O)c(O)c(O)c4O)c(O)c3O)C3C=CC(c4cc(-c5ccccc5)cc(-c5ccccc5)c4)=CC3)c(O)c2O)c(O)c1O. The summed E-state index contributed by atoms with van der Waals surface area (Å²) in [6.45, 7) is 0. The fraction of sp³-hybridized carbons (Fsp3) is 0.0417. The average Bonchev–Trinajstić information content (AvgIpc) is 3.34. The van der Waals surface area contributed by atoms with Crippen molar-refractivity contribution in [3.05, 3.63) is 103 Å². The molecule has 18 N–H and O–H groups in total. The number of nitrogens with zero attached hydrogens (tertiary/aromatic N) is 1. The molecule has 19 nitrogen and oxygen atoms in total. The number of benzene rings is 7. The van der Waals surface area contributed by atoms with Crippen LogP contribution in [0.1, 0.15) is 12.0 Å². The van der Waals surface area contributed by atoms with E-state index in [1.165, 1.54) is 6.08 Å². The van der Waals surface area contributed by atoms with Gasteiger partial charge in [0.2, 0.25) is 34.5 Å². The number of aromatic hydroxyl groups is 18. The molecule has 19 heteroatoms. The van der Waals surface area contributed by atoms with Crippen LogP contribution in [0.25, 0.3) is 50.1 Å². The van der Waals surface area contributed by atoms with Crippen molar-refractivity contribution in [1.82, 2.24) is 0 Å². The molecular weight excluding hydrogens is 879 g/mol. The highest BCUT2D eigenvalue weighted by Crippen LogP contribution is 2.67. The van der Waals surface area contributed by atoms with Gasteiger partial charge in [0.05, 0.1) is 28.3 Å². The smallest absolute Gasteiger partial charge is 0.208 e. The summed E-state index contributed by atoms with van der Waals surface area (Å²) >= 11 is 0. The molecule has 1 unspecified atom stereocenters. The van der Waals surface area contributed by atoms with E-state index in [1.807, 2.05) is 78.9 Å². The Bertz CT molecular complexity index is 2950. The summed E-state index contributed by atoms with van der Waals surface area (Å²) in [4.78, 5) is 0.596. The number of phenols is 18. The second-order valence-corrected chi connectivity index (χ2v) is 15.2. The summed E-state index contributed by atoms with van der Waals surface area (Å²) < 4.78 is 0. The van der Waals surface area contributed by atoms with Crippen LogP contribution in [0.3, 0.4) is 0 Å². The van der Waals surface area contributed by atoms with E-state index in [-0.39, 0.29) is 6.42 Å². The maximum Gasteiger partial charge on any atom is 0.208 e. The fourth-order valence-corrected chi connectivity index (χ4v) is 7.99. The molecular formula is C48H37NO18. The Kier molecular flexibility index (Phi) is 10.5. The van der Waals surface area contributed by atoms with Crippen LogP contribution in [-0.2, 0) is 0 Å². The zero-order valence-corrected chi connectivity index (χ0v) is 34.0. The van der Waals surface area contributed by atoms with Gasteiger partial charge in [0.1, 0.15) is 11.4 Å². The molecule has 1 aliphatic rings. The van der Waals surface area contributed by atoms with Crippen molar-refractivity contribution in [1.29, 1.82) is 0 Å². The van der Waals surface area contributed by atoms with E-state index in [2.05, 4.69) is 0 Å². The maximum atomic E-state index is 11.7. The zero-order valence-electron chi connectivity index (χ0n) is 34.0. The predicted octanol–water partition coefficient (Wildman–Crippen LogP) is 7.61. The number of rotatable bonds is 8. The minimum absolute atomic E-state index is 0.241. The molecule has 0 heterocycles. The number of phenolic OH excluding ortho intramolecular Hbond substituents is 18. The minimum Gasteiger partial charge on any atom is -0.504 e. The third kappa shape index (κ3) is 6.77. The van der Waals surface area contributed by atoms with Crippen LogP contribution < -0.4 is 4.90 Å². The van der Waals surface area contributed by atoms with Crippen molar-refractivity contribution in [3.63, 3.8) is 0 Å². The van der Waals surface area contributed by atoms with Crippen molar-refractivity contribution >= 4 is 16.9 Å². The van der Waals surface area contributed by atoms with Gasteiger partial charge < -0.3 is 96.8 Å². The Hall–Kier alpha value is -9.78. The first-order valence-electron chi connectivity index (χ1n) is 19.6. The van der Waals surface area contributed by atoms with Gasteiger partial charge in [-0.15, -0.1) is 0 Å². The Morgan fingerprint density at radius 1 is 0.313 bits per heavy atom. The second-order valence-electron chi connectivity index (χ2n) is 15.2. The molecule has 0 bridgehead atoms. The third-order valence-corrected chi connectivity index (χ3v) is 11.4. The van der Waals surface area contributed by atoms with E-state index < -0.39 is 143 Å². The molecule has 0 saturated carbocycles. The highest BCUT2D eigenvalue weighted by Gasteiger charge is 2.40. The van der Waals surface area contributed by atoms with Gasteiger partial charge in [-0.25, -0.2) is 0 Å². The molecule has 67 heavy (non-hydrogen) atoms. The monoisotopic (exact) mass is 915 g/mol. The van der Waals surface area contributed by atoms with E-state index >= 15 is 0 Å². The van der Waals surface area contributed by atoms with E-state index in [9.17, 15) is 91.9 Å². The van der Waals surface area contributed by atoms with Gasteiger partial charge in [-0.2, -0.15) is 0 Å². The van der Waals surface area contributed by atoms with Crippen LogP contribution in [-0.4, -0.2) is 98.0 Å². The molecule has 0 radical (unpaired) electrons. The molecule has 7 aromatic carbocycles. The van der Waals surface area contributed by atoms with Gasteiger partial charge in [0.15, 0.2) is 69.0 Å². The molecule has 0 spiro atoms. The van der Waals surface area contributed by atoms with E-state index in [0.717, 1.165) is 22.3 Å². The number of hydrogen-bond donors (Lipinski definition) is 18. The van der Waals surface area contributed by atoms with E-state index in [1.54, 1.807) is 12.2 Å². The van der Waals surface area contributed by atoms with Gasteiger partial charge >= 0.3 is 0 Å². The van der Waals surface area contributed by atoms with Gasteiger partial charge in [0, 0.05) is 0 Å². The van der Waals surface area contributed by atoms with Gasteiger partial charge in [0.25, 0.3) is 0 Å². The summed E-state index contributed by atoms with van der Waals surface area (Å²) in [7, 11) is 0. The summed E-state index contributed by atoms with van der Waals surface area (Å²) in [6, 6.07) is 23.3. The summed E-state index contributed by atoms with van der Waals surface area (Å²) in [5.41, 5.74) is -2.62. The predicted molar refractivity (Wildman–Crippen MR) is 239 cm³/mol. The molecule has 0 aromatic heterocycles. The fourth-order valence-electron chi connectivity index (χ4n) is 7.99. The van der Waals surface area contributed by atoms with E-state index in [4.69, 9.17) is 0 Å². The Labute approximate surface area is 376 Å². The minimum atomic E-state index is -1.54. The van der Waals surface area contributed by atoms with Crippen LogP contribution in [0.5, 0.6) is 103 Å². The lowest BCUT2D eigenvalue weighted by Gasteiger charge is -2.35. The first-order chi connectivity index (χ1) is 31.8. The summed E-state index contributed by atoms with van der Waals surface area (Å²) in [5, 5.41) is 196. The molecule has 342 valence electrons. The van der Waals surface area contributed by atoms with Crippen LogP contribution >= 0.6 is 0 Å². The zero-order chi connectivity index (χ0) is 48.5. The van der Waals surface area contributed by atoms with Gasteiger partial charge in [-0.05, 0) is 58.0 Å². The summed E-state index contributed by atoms with van der Waals surface area (Å²) in [5.74, 6) is -27.0. The van der Waals surface area contributed by atoms with Gasteiger partial charge in [-0.3, -0.25) is 0 Å². The largest absolute Gasteiger partial charge is 0.504 e. The van der Waals surface area contributed by atoms with Crippen molar-refractivity contribution in [3.8, 4) is 148 Å². The molecule has 1 aliphatic carbocycles. The molecule has 1 atom stereocenters. The van der Waals surface area contributed by atoms with Crippen molar-refractivity contribution in [2.45, 2.75) is 12.5 Å². The van der Waals surface area contributed by atoms with Crippen molar-refractivity contribution in [2.75, 3.05) is 4.90 Å². The first-order valence-corrected chi connectivity index (χ1v) is 19.6. The maximum absolute atomic E-state index is 11.7. The van der Waals surface area contributed by atoms with Crippen molar-refractivity contribution < 1.29 is 91.9 Å². The van der Waals surface area contributed by atoms with Crippen LogP contribution in [0.4, 0.5) is 11.4 Å². The lowest BCUT2D eigenvalue weighted by Crippen LogP contribution is -2.30. The molecule has 7 aromatic rings. The Morgan fingerprint density at radius 2 is 0.597 bits per heavy atom. The van der Waals surface area contributed by atoms with Crippen LogP contribution in [0.15, 0.2) is 97.1 Å². The van der Waals surface area contributed by atoms with Crippen LogP contribution in [0.2, 0.25) is 0 Å². The number of hydrogen-bond acceptors (Lipinski definition) is 19. The highest BCUT2D eigenvalue weighted by molar-refractivity contribution is 6.01. The van der Waals surface area contributed by atoms with Crippen molar-refractivity contribution in [2.24, 2.45) is 0 Å². The Morgan fingerprint density at radius 3 is 0.896 bits per heavy atom. The molecule has 0 fully saturated rings. The lowest BCUT2D eigenvalue weighted by molar-refractivity contribution is 0.329. The summed E-state index contributed by atoms with van der Waals surface area (Å²) in [6.07, 6.45) is 4.32. The molecule has 0 aliphatic heterocycles. The highest BCUT2D eigenvalue weighted by atomic mass is 16.4. The van der Waals surface area contributed by atoms with Crippen LogP contribution in [0, 0.1) is 0 Å². The number of anilines is 2. The standard InChI is InChI=1S/C48H37NO18/c50-31-25(27-35(54)43(62)47(66)44(63)36(27)55)32(51)40(59)29(39(31)58)49(30-41(60)33(52)26(34(53)42(30)61)28-37(56)45(64)48(67)46(65)38(28)57)24-13-11-20(12-14-24)23-16-21(18-7-3-1-4-8-18)15-22(17-23)19-9-5-2-6-10-19/h1-13,15-17,24,50-67H,14H2. The quantitative estimate of drug-likeness (QED) is 0.0515. The molecule has 8 rings (SSSR count). The third-order valence-electron chi connectivity index (χ3n) is 11.4. The van der Waals surface area contributed by atoms with Gasteiger partial charge in [-0.1, -0.05) is 78.9 Å². The molecule has 0 saturated heterocycles. The average molecular weight is 916 g/mol. The number of allylic oxidation sites excluding steroid dienone is 2. The second kappa shape index (κ2) is 16.1. The topological polar surface area (TPSA) is 367 Å². The lowest BCUT2D eigenvalue weighted by atomic mass is 9.90. The Balaban J connectivity index is 1.35. The first kappa shape index (κ1) is 43.9. The normalized spacial score (nSPS) is 13.4.